The number of carboxylic acid groups (broad SMARTS) is 1. The predicted octanol–water partition coefficient (Wildman–Crippen LogP) is 3.07. The van der Waals surface area contributed by atoms with Crippen LogP contribution in [0.3, 0.4) is 0 Å². The number of fused-ring (bicyclic) bond motifs is 2. The third-order valence-electron chi connectivity index (χ3n) is 6.04. The van der Waals surface area contributed by atoms with Gasteiger partial charge >= 0.3 is 5.97 Å². The average molecular weight is 389 g/mol. The molecule has 6 heteroatoms. The van der Waals surface area contributed by atoms with Crippen LogP contribution in [0.1, 0.15) is 56.9 Å². The van der Waals surface area contributed by atoms with E-state index in [1.807, 2.05) is 30.3 Å². The van der Waals surface area contributed by atoms with E-state index in [9.17, 15) is 9.59 Å². The smallest absolute Gasteiger partial charge is 0.303 e. The van der Waals surface area contributed by atoms with E-state index in [-0.39, 0.29) is 12.3 Å². The number of hydrogen-bond acceptors (Lipinski definition) is 4. The summed E-state index contributed by atoms with van der Waals surface area (Å²) in [6, 6.07) is 9.73. The number of hydrogen-bond donors (Lipinski definition) is 3. The maximum Gasteiger partial charge on any atom is 0.303 e. The number of aliphatic carboxylic acids is 1. The highest BCUT2D eigenvalue weighted by Gasteiger charge is 2.47. The van der Waals surface area contributed by atoms with Gasteiger partial charge in [-0.25, -0.2) is 5.43 Å². The van der Waals surface area contributed by atoms with Gasteiger partial charge in [0.2, 0.25) is 5.91 Å². The summed E-state index contributed by atoms with van der Waals surface area (Å²) in [4.78, 5) is 22.7. The fourth-order valence-electron chi connectivity index (χ4n) is 4.66. The second-order valence-electron chi connectivity index (χ2n) is 8.06. The zero-order chi connectivity index (χ0) is 19.8. The lowest BCUT2D eigenvalue weighted by Gasteiger charge is -2.28. The first kappa shape index (κ1) is 20.8. The minimum absolute atomic E-state index is 0.0229. The molecule has 154 valence electrons. The van der Waals surface area contributed by atoms with Crippen LogP contribution in [0.25, 0.3) is 0 Å². The van der Waals surface area contributed by atoms with Crippen LogP contribution in [0.2, 0.25) is 0 Å². The molecule has 2 heterocycles. The first-order valence-corrected chi connectivity index (χ1v) is 10.6. The van der Waals surface area contributed by atoms with Gasteiger partial charge in [0.15, 0.2) is 0 Å². The Balaban J connectivity index is 1.36. The molecule has 1 aromatic rings. The topological polar surface area (TPSA) is 87.7 Å². The van der Waals surface area contributed by atoms with Crippen LogP contribution in [0.4, 0.5) is 0 Å². The van der Waals surface area contributed by atoms with Crippen LogP contribution >= 0.6 is 0 Å². The number of hydrazine groups is 1. The molecule has 6 nitrogen and oxygen atoms in total. The van der Waals surface area contributed by atoms with E-state index < -0.39 is 5.97 Å². The molecule has 2 bridgehead atoms. The average Bonchev–Trinajstić information content (AvgIpc) is 3.27. The van der Waals surface area contributed by atoms with Crippen molar-refractivity contribution >= 4 is 11.9 Å². The summed E-state index contributed by atoms with van der Waals surface area (Å²) in [5.41, 5.74) is 6.98. The Morgan fingerprint density at radius 2 is 1.71 bits per heavy atom. The number of ether oxygens (including phenoxy) is 1. The van der Waals surface area contributed by atoms with Crippen molar-refractivity contribution in [1.82, 2.24) is 10.9 Å². The molecule has 0 aromatic heterocycles. The van der Waals surface area contributed by atoms with Crippen molar-refractivity contribution in [2.75, 3.05) is 6.54 Å². The van der Waals surface area contributed by atoms with Gasteiger partial charge in [-0.1, -0.05) is 49.6 Å². The molecule has 0 saturated carbocycles. The molecule has 0 radical (unpaired) electrons. The highest BCUT2D eigenvalue weighted by atomic mass is 16.5. The van der Waals surface area contributed by atoms with Crippen molar-refractivity contribution in [3.05, 3.63) is 35.9 Å². The second kappa shape index (κ2) is 10.6. The molecular weight excluding hydrogens is 356 g/mol. The number of nitrogens with one attached hydrogen (secondary N) is 2. The van der Waals surface area contributed by atoms with Gasteiger partial charge in [0.25, 0.3) is 0 Å². The van der Waals surface area contributed by atoms with Crippen LogP contribution in [0.5, 0.6) is 0 Å². The van der Waals surface area contributed by atoms with Crippen molar-refractivity contribution in [2.45, 2.75) is 70.0 Å². The van der Waals surface area contributed by atoms with Crippen LogP contribution in [0, 0.1) is 11.8 Å². The van der Waals surface area contributed by atoms with Crippen LogP contribution in [-0.2, 0) is 20.7 Å². The highest BCUT2D eigenvalue weighted by molar-refractivity contribution is 5.78. The van der Waals surface area contributed by atoms with E-state index in [0.717, 1.165) is 57.1 Å². The first-order valence-electron chi connectivity index (χ1n) is 10.6. The normalized spacial score (nSPS) is 25.7. The largest absolute Gasteiger partial charge is 0.481 e. The molecule has 3 N–H and O–H groups in total. The van der Waals surface area contributed by atoms with Crippen molar-refractivity contribution < 1.29 is 19.4 Å². The number of carbonyl (C=O) groups excluding carboxylic acids is 1. The minimum Gasteiger partial charge on any atom is -0.481 e. The molecule has 2 aliphatic heterocycles. The summed E-state index contributed by atoms with van der Waals surface area (Å²) in [5.74, 6) is 0.249. The maximum absolute atomic E-state index is 12.1. The van der Waals surface area contributed by atoms with E-state index in [1.165, 1.54) is 0 Å². The maximum atomic E-state index is 12.1. The van der Waals surface area contributed by atoms with E-state index in [4.69, 9.17) is 9.84 Å². The molecule has 4 atom stereocenters. The van der Waals surface area contributed by atoms with Crippen LogP contribution in [-0.4, -0.2) is 35.7 Å². The van der Waals surface area contributed by atoms with Crippen LogP contribution in [0.15, 0.2) is 30.3 Å². The van der Waals surface area contributed by atoms with Gasteiger partial charge in [0, 0.05) is 18.9 Å². The quantitative estimate of drug-likeness (QED) is 0.378. The summed E-state index contributed by atoms with van der Waals surface area (Å²) in [7, 11) is 0. The zero-order valence-corrected chi connectivity index (χ0v) is 16.4. The second-order valence-corrected chi connectivity index (χ2v) is 8.06. The fraction of sp³-hybridized carbons (Fsp3) is 0.636. The third-order valence-corrected chi connectivity index (χ3v) is 6.04. The Morgan fingerprint density at radius 1 is 1.00 bits per heavy atom. The Bertz CT molecular complexity index is 637. The van der Waals surface area contributed by atoms with E-state index in [2.05, 4.69) is 10.9 Å². The van der Waals surface area contributed by atoms with Gasteiger partial charge in [0.05, 0.1) is 18.6 Å². The molecule has 2 aliphatic rings. The third kappa shape index (κ3) is 6.04. The summed E-state index contributed by atoms with van der Waals surface area (Å²) in [6.07, 6.45) is 8.63. The van der Waals surface area contributed by atoms with E-state index >= 15 is 0 Å². The number of carbonyl (C=O) groups is 2. The number of rotatable bonds is 12. The lowest BCUT2D eigenvalue weighted by molar-refractivity contribution is -0.137. The van der Waals surface area contributed by atoms with Crippen LogP contribution < -0.4 is 10.9 Å². The number of carboxylic acids is 1. The summed E-state index contributed by atoms with van der Waals surface area (Å²) in [5, 5.41) is 8.70. The molecule has 0 unspecified atom stereocenters. The first-order chi connectivity index (χ1) is 13.6. The van der Waals surface area contributed by atoms with Crippen molar-refractivity contribution in [1.29, 1.82) is 0 Å². The molecule has 0 spiro atoms. The number of unbranched alkanes of at least 4 members (excludes halogenated alkanes) is 3. The molecule has 3 rings (SSSR count). The summed E-state index contributed by atoms with van der Waals surface area (Å²) < 4.78 is 6.13. The SMILES string of the molecule is O=C(O)CCCCCC[C@@H]1[C@@H](CNNC(=O)Cc2ccccc2)[C@H]2CC[C@@H]1O2. The standard InChI is InChI=1S/C22H32N2O4/c25-21(14-16-8-4-3-5-9-16)24-23-15-18-17(19-12-13-20(18)28-19)10-6-1-2-7-11-22(26)27/h3-5,8-9,17-20,23H,1-2,6-7,10-15H2,(H,24,25)(H,26,27)/t17-,18-,19+,20-/m1/s1. The minimum atomic E-state index is -0.707. The van der Waals surface area contributed by atoms with Crippen molar-refractivity contribution in [3.8, 4) is 0 Å². The Morgan fingerprint density at radius 3 is 2.46 bits per heavy atom. The Labute approximate surface area is 167 Å². The van der Waals surface area contributed by atoms with Gasteiger partial charge in [-0.05, 0) is 37.2 Å². The predicted molar refractivity (Wildman–Crippen MR) is 107 cm³/mol. The van der Waals surface area contributed by atoms with E-state index in [0.29, 0.717) is 30.5 Å². The molecular formula is C22H32N2O4. The fourth-order valence-corrected chi connectivity index (χ4v) is 4.66. The van der Waals surface area contributed by atoms with Gasteiger partial charge in [0.1, 0.15) is 0 Å². The molecule has 2 fully saturated rings. The monoisotopic (exact) mass is 388 g/mol. The lowest BCUT2D eigenvalue weighted by Crippen LogP contribution is -2.44. The van der Waals surface area contributed by atoms with Crippen molar-refractivity contribution in [2.24, 2.45) is 11.8 Å². The Hall–Kier alpha value is -1.92. The van der Waals surface area contributed by atoms with E-state index in [1.54, 1.807) is 0 Å². The van der Waals surface area contributed by atoms with Gasteiger partial charge in [-0.2, -0.15) is 0 Å². The molecule has 0 aliphatic carbocycles. The van der Waals surface area contributed by atoms with Crippen molar-refractivity contribution in [3.63, 3.8) is 0 Å². The zero-order valence-electron chi connectivity index (χ0n) is 16.4. The molecule has 1 amide bonds. The summed E-state index contributed by atoms with van der Waals surface area (Å²) >= 11 is 0. The lowest BCUT2D eigenvalue weighted by atomic mass is 9.76. The van der Waals surface area contributed by atoms with Gasteiger partial charge in [-0.15, -0.1) is 0 Å². The molecule has 2 saturated heterocycles. The number of amides is 1. The molecule has 28 heavy (non-hydrogen) atoms. The molecule has 1 aromatic carbocycles. The van der Waals surface area contributed by atoms with Gasteiger partial charge in [-0.3, -0.25) is 15.0 Å². The Kier molecular flexibility index (Phi) is 7.86. The highest BCUT2D eigenvalue weighted by Crippen LogP contribution is 2.45. The number of benzene rings is 1. The van der Waals surface area contributed by atoms with Gasteiger partial charge < -0.3 is 9.84 Å². The summed E-state index contributed by atoms with van der Waals surface area (Å²) in [6.45, 7) is 0.741.